The predicted molar refractivity (Wildman–Crippen MR) is 55.1 cm³/mol. The summed E-state index contributed by atoms with van der Waals surface area (Å²) in [5.74, 6) is 0.460. The van der Waals surface area contributed by atoms with Crippen LogP contribution in [0.5, 0.6) is 0 Å². The molecule has 1 aliphatic heterocycles. The first-order chi connectivity index (χ1) is 6.72. The lowest BCUT2D eigenvalue weighted by atomic mass is 9.83. The number of β-amino-alcohol motifs (C(OH)–C–C–N with tert-alkyl or cyclic N) is 1. The predicted octanol–water partition coefficient (Wildman–Crippen LogP) is 0.606. The lowest BCUT2D eigenvalue weighted by Gasteiger charge is -2.44. The summed E-state index contributed by atoms with van der Waals surface area (Å²) in [6.45, 7) is 3.07. The van der Waals surface area contributed by atoms with Gasteiger partial charge in [-0.2, -0.15) is 0 Å². The van der Waals surface area contributed by atoms with Crippen LogP contribution >= 0.6 is 0 Å². The summed E-state index contributed by atoms with van der Waals surface area (Å²) in [6, 6.07) is 0. The number of aliphatic hydroxyl groups is 2. The van der Waals surface area contributed by atoms with Crippen LogP contribution in [-0.4, -0.2) is 47.0 Å². The van der Waals surface area contributed by atoms with Gasteiger partial charge in [0.1, 0.15) is 0 Å². The van der Waals surface area contributed by atoms with Crippen LogP contribution in [0.25, 0.3) is 0 Å². The van der Waals surface area contributed by atoms with Crippen LogP contribution in [0.1, 0.15) is 32.1 Å². The van der Waals surface area contributed by atoms with Gasteiger partial charge in [0, 0.05) is 32.2 Å². The number of nitrogens with zero attached hydrogens (tertiary/aromatic N) is 1. The molecule has 1 aliphatic carbocycles. The highest BCUT2D eigenvalue weighted by Crippen LogP contribution is 2.30. The number of hydrogen-bond acceptors (Lipinski definition) is 3. The molecule has 2 aliphatic rings. The molecule has 0 spiro atoms. The highest BCUT2D eigenvalue weighted by molar-refractivity contribution is 4.90. The molecule has 3 heteroatoms. The van der Waals surface area contributed by atoms with Crippen molar-refractivity contribution < 1.29 is 10.2 Å². The molecule has 0 atom stereocenters. The van der Waals surface area contributed by atoms with Crippen molar-refractivity contribution >= 4 is 0 Å². The second-order valence-corrected chi connectivity index (χ2v) is 5.03. The maximum absolute atomic E-state index is 10.3. The highest BCUT2D eigenvalue weighted by Gasteiger charge is 2.35. The van der Waals surface area contributed by atoms with Gasteiger partial charge in [0.2, 0.25) is 0 Å². The molecule has 0 bridgehead atoms. The monoisotopic (exact) mass is 199 g/mol. The largest absolute Gasteiger partial charge is 0.396 e. The van der Waals surface area contributed by atoms with E-state index in [1.54, 1.807) is 0 Å². The SMILES string of the molecule is OCC1CN(CC2(O)CCCCC2)C1. The van der Waals surface area contributed by atoms with E-state index >= 15 is 0 Å². The van der Waals surface area contributed by atoms with Crippen molar-refractivity contribution in [3.8, 4) is 0 Å². The van der Waals surface area contributed by atoms with Gasteiger partial charge in [0.15, 0.2) is 0 Å². The zero-order valence-corrected chi connectivity index (χ0v) is 8.78. The topological polar surface area (TPSA) is 43.7 Å². The van der Waals surface area contributed by atoms with Crippen LogP contribution in [0.4, 0.5) is 0 Å². The molecule has 2 N–H and O–H groups in total. The minimum absolute atomic E-state index is 0.301. The van der Waals surface area contributed by atoms with Gasteiger partial charge in [-0.3, -0.25) is 4.90 Å². The Morgan fingerprint density at radius 2 is 1.79 bits per heavy atom. The van der Waals surface area contributed by atoms with E-state index in [4.69, 9.17) is 5.11 Å². The second-order valence-electron chi connectivity index (χ2n) is 5.03. The Morgan fingerprint density at radius 1 is 1.14 bits per heavy atom. The summed E-state index contributed by atoms with van der Waals surface area (Å²) in [4.78, 5) is 2.27. The van der Waals surface area contributed by atoms with E-state index in [2.05, 4.69) is 4.90 Å². The zero-order valence-electron chi connectivity index (χ0n) is 8.78. The zero-order chi connectivity index (χ0) is 10.0. The van der Waals surface area contributed by atoms with Gasteiger partial charge in [-0.1, -0.05) is 19.3 Å². The summed E-state index contributed by atoms with van der Waals surface area (Å²) < 4.78 is 0. The summed E-state index contributed by atoms with van der Waals surface area (Å²) in [5.41, 5.74) is -0.418. The molecule has 2 fully saturated rings. The van der Waals surface area contributed by atoms with Crippen LogP contribution in [0.3, 0.4) is 0 Å². The fourth-order valence-corrected chi connectivity index (χ4v) is 2.71. The molecule has 0 aromatic rings. The number of aliphatic hydroxyl groups excluding tert-OH is 1. The fourth-order valence-electron chi connectivity index (χ4n) is 2.71. The Labute approximate surface area is 85.7 Å². The standard InChI is InChI=1S/C11H21NO2/c13-8-10-6-12(7-10)9-11(14)4-2-1-3-5-11/h10,13-14H,1-9H2. The maximum atomic E-state index is 10.3. The van der Waals surface area contributed by atoms with E-state index in [1.165, 1.54) is 19.3 Å². The number of likely N-dealkylation sites (tertiary alicyclic amines) is 1. The van der Waals surface area contributed by atoms with Gasteiger partial charge in [-0.15, -0.1) is 0 Å². The summed E-state index contributed by atoms with van der Waals surface area (Å²) in [5, 5.41) is 19.1. The first-order valence-corrected chi connectivity index (χ1v) is 5.77. The third-order valence-electron chi connectivity index (χ3n) is 3.59. The molecule has 1 saturated carbocycles. The van der Waals surface area contributed by atoms with Crippen LogP contribution in [0, 0.1) is 5.92 Å². The second kappa shape index (κ2) is 4.17. The third kappa shape index (κ3) is 2.27. The molecule has 1 saturated heterocycles. The van der Waals surface area contributed by atoms with E-state index in [9.17, 15) is 5.11 Å². The Balaban J connectivity index is 1.74. The number of hydrogen-bond donors (Lipinski definition) is 2. The van der Waals surface area contributed by atoms with E-state index in [0.29, 0.717) is 12.5 Å². The van der Waals surface area contributed by atoms with Crippen molar-refractivity contribution in [1.82, 2.24) is 4.90 Å². The van der Waals surface area contributed by atoms with Crippen molar-refractivity contribution in [1.29, 1.82) is 0 Å². The quantitative estimate of drug-likeness (QED) is 0.700. The van der Waals surface area contributed by atoms with Crippen molar-refractivity contribution in [3.05, 3.63) is 0 Å². The van der Waals surface area contributed by atoms with Crippen LogP contribution in [0.15, 0.2) is 0 Å². The highest BCUT2D eigenvalue weighted by atomic mass is 16.3. The lowest BCUT2D eigenvalue weighted by Crippen LogP contribution is -2.55. The normalized spacial score (nSPS) is 28.7. The Bertz CT molecular complexity index is 184. The van der Waals surface area contributed by atoms with Gasteiger partial charge in [0.05, 0.1) is 5.60 Å². The van der Waals surface area contributed by atoms with Crippen LogP contribution in [0.2, 0.25) is 0 Å². The maximum Gasteiger partial charge on any atom is 0.0774 e. The van der Waals surface area contributed by atoms with E-state index in [1.807, 2.05) is 0 Å². The first-order valence-electron chi connectivity index (χ1n) is 5.77. The number of rotatable bonds is 3. The van der Waals surface area contributed by atoms with Gasteiger partial charge in [0.25, 0.3) is 0 Å². The van der Waals surface area contributed by atoms with Gasteiger partial charge < -0.3 is 10.2 Å². The molecule has 0 aromatic carbocycles. The van der Waals surface area contributed by atoms with Gasteiger partial charge >= 0.3 is 0 Å². The molecule has 2 rings (SSSR count). The van der Waals surface area contributed by atoms with Crippen molar-refractivity contribution in [2.45, 2.75) is 37.7 Å². The minimum atomic E-state index is -0.418. The lowest BCUT2D eigenvalue weighted by molar-refractivity contribution is -0.0598. The molecule has 1 heterocycles. The van der Waals surface area contributed by atoms with E-state index in [0.717, 1.165) is 32.5 Å². The summed E-state index contributed by atoms with van der Waals surface area (Å²) in [6.07, 6.45) is 5.56. The molecular weight excluding hydrogens is 178 g/mol. The first kappa shape index (κ1) is 10.4. The molecule has 82 valence electrons. The molecule has 3 nitrogen and oxygen atoms in total. The van der Waals surface area contributed by atoms with Gasteiger partial charge in [-0.25, -0.2) is 0 Å². The van der Waals surface area contributed by atoms with Crippen LogP contribution in [-0.2, 0) is 0 Å². The van der Waals surface area contributed by atoms with Crippen molar-refractivity contribution in [2.24, 2.45) is 5.92 Å². The Kier molecular flexibility index (Phi) is 3.10. The average molecular weight is 199 g/mol. The Hall–Kier alpha value is -0.120. The smallest absolute Gasteiger partial charge is 0.0774 e. The third-order valence-corrected chi connectivity index (χ3v) is 3.59. The van der Waals surface area contributed by atoms with Crippen LogP contribution < -0.4 is 0 Å². The van der Waals surface area contributed by atoms with E-state index in [-0.39, 0.29) is 0 Å². The molecule has 0 radical (unpaired) electrons. The summed E-state index contributed by atoms with van der Waals surface area (Å²) >= 11 is 0. The Morgan fingerprint density at radius 3 is 2.36 bits per heavy atom. The average Bonchev–Trinajstić information content (AvgIpc) is 2.12. The molecular formula is C11H21NO2. The molecule has 14 heavy (non-hydrogen) atoms. The molecule has 0 aromatic heterocycles. The minimum Gasteiger partial charge on any atom is -0.396 e. The fraction of sp³-hybridized carbons (Fsp3) is 1.00. The summed E-state index contributed by atoms with van der Waals surface area (Å²) in [7, 11) is 0. The van der Waals surface area contributed by atoms with E-state index < -0.39 is 5.60 Å². The molecule has 0 unspecified atom stereocenters. The van der Waals surface area contributed by atoms with Crippen molar-refractivity contribution in [2.75, 3.05) is 26.2 Å². The molecule has 0 amide bonds. The van der Waals surface area contributed by atoms with Crippen molar-refractivity contribution in [3.63, 3.8) is 0 Å². The van der Waals surface area contributed by atoms with Gasteiger partial charge in [-0.05, 0) is 12.8 Å².